The van der Waals surface area contributed by atoms with Crippen LogP contribution in [0.15, 0.2) is 53.8 Å². The molecule has 1 atom stereocenters. The number of carbonyl (C=O) groups is 1. The van der Waals surface area contributed by atoms with E-state index >= 15 is 0 Å². The van der Waals surface area contributed by atoms with E-state index in [4.69, 9.17) is 19.4 Å². The molecule has 5 nitrogen and oxygen atoms in total. The van der Waals surface area contributed by atoms with Gasteiger partial charge in [0.05, 0.1) is 26.4 Å². The van der Waals surface area contributed by atoms with Crippen LogP contribution in [-0.2, 0) is 17.6 Å². The van der Waals surface area contributed by atoms with Gasteiger partial charge in [-0.05, 0) is 49.4 Å². The van der Waals surface area contributed by atoms with Crippen molar-refractivity contribution in [3.63, 3.8) is 0 Å². The number of anilines is 2. The zero-order chi connectivity index (χ0) is 29.5. The number of nitrogens with two attached hydrogens (primary N) is 1. The second-order valence-corrected chi connectivity index (χ2v) is 6.93. The van der Waals surface area contributed by atoms with Crippen LogP contribution >= 0.6 is 11.3 Å². The van der Waals surface area contributed by atoms with E-state index in [2.05, 4.69) is 10.3 Å². The summed E-state index contributed by atoms with van der Waals surface area (Å²) >= 11 is 0.954. The van der Waals surface area contributed by atoms with Crippen molar-refractivity contribution in [1.29, 1.82) is 0 Å². The highest BCUT2D eigenvalue weighted by Crippen LogP contribution is 2.21. The summed E-state index contributed by atoms with van der Waals surface area (Å²) in [6, 6.07) is 3.26. The molecule has 0 unspecified atom stereocenters. The van der Waals surface area contributed by atoms with Crippen LogP contribution in [0.4, 0.5) is 10.8 Å². The van der Waals surface area contributed by atoms with Gasteiger partial charge in [0, 0.05) is 16.5 Å². The standard InChI is InChI=1S/C23H27N3O2S/c1-16-6-10-18(11-7-16)21(27)5-3-2-4-17-8-12-19(13-9-17)25-22(28)14-20-15-29-23(24)26-20/h6-13,15,21,27H,2-5,14H2,1H3,(H2,24,26)(H,25,28)/t21-/m0/s1/i4D2,5D2,6D,7D,10D,11D,15D,21D. The van der Waals surface area contributed by atoms with Gasteiger partial charge in [0.25, 0.3) is 0 Å². The van der Waals surface area contributed by atoms with Crippen molar-refractivity contribution in [2.24, 2.45) is 0 Å². The van der Waals surface area contributed by atoms with Gasteiger partial charge < -0.3 is 16.2 Å². The molecule has 1 amide bonds. The first-order valence-electron chi connectivity index (χ1n) is 13.8. The Balaban J connectivity index is 1.73. The van der Waals surface area contributed by atoms with Gasteiger partial charge in [0.2, 0.25) is 5.91 Å². The second-order valence-electron chi connectivity index (χ2n) is 6.11. The number of nitrogen functional groups attached to an aromatic ring is 1. The minimum Gasteiger partial charge on any atom is -0.388 e. The van der Waals surface area contributed by atoms with Crippen molar-refractivity contribution < 1.29 is 23.6 Å². The van der Waals surface area contributed by atoms with E-state index in [1.807, 2.05) is 0 Å². The Morgan fingerprint density at radius 2 is 2.03 bits per heavy atom. The molecule has 1 heterocycles. The zero-order valence-electron chi connectivity index (χ0n) is 25.7. The monoisotopic (exact) mass is 419 g/mol. The number of hydrogen-bond acceptors (Lipinski definition) is 5. The van der Waals surface area contributed by atoms with Crippen molar-refractivity contribution in [3.8, 4) is 0 Å². The third-order valence-electron chi connectivity index (χ3n) is 3.75. The van der Waals surface area contributed by atoms with Crippen LogP contribution in [0.1, 0.15) is 61.4 Å². The highest BCUT2D eigenvalue weighted by Gasteiger charge is 2.08. The van der Waals surface area contributed by atoms with E-state index in [0.29, 0.717) is 5.69 Å². The molecule has 4 N–H and O–H groups in total. The van der Waals surface area contributed by atoms with Crippen molar-refractivity contribution in [2.75, 3.05) is 11.1 Å². The van der Waals surface area contributed by atoms with E-state index in [-0.39, 0.29) is 33.7 Å². The summed E-state index contributed by atoms with van der Waals surface area (Å²) in [5.41, 5.74) is 5.46. The molecule has 1 aromatic heterocycles. The maximum atomic E-state index is 12.3. The van der Waals surface area contributed by atoms with Gasteiger partial charge in [-0.25, -0.2) is 4.98 Å². The van der Waals surface area contributed by atoms with Crippen molar-refractivity contribution in [2.45, 2.75) is 45.0 Å². The van der Waals surface area contributed by atoms with Gasteiger partial charge in [-0.15, -0.1) is 11.3 Å². The van der Waals surface area contributed by atoms with Crippen LogP contribution in [0.3, 0.4) is 0 Å². The highest BCUT2D eigenvalue weighted by atomic mass is 32.1. The molecule has 3 aromatic rings. The Kier molecular flexibility index (Phi) is 4.03. The van der Waals surface area contributed by atoms with E-state index in [1.165, 1.54) is 31.2 Å². The van der Waals surface area contributed by atoms with Crippen LogP contribution in [-0.4, -0.2) is 16.0 Å². The number of aromatic nitrogens is 1. The predicted octanol–water partition coefficient (Wildman–Crippen LogP) is 4.66. The second kappa shape index (κ2) is 10.2. The third-order valence-corrected chi connectivity index (χ3v) is 4.39. The summed E-state index contributed by atoms with van der Waals surface area (Å²) in [7, 11) is 0. The third kappa shape index (κ3) is 6.69. The Morgan fingerprint density at radius 1 is 1.31 bits per heavy atom. The molecule has 0 bridgehead atoms. The van der Waals surface area contributed by atoms with E-state index in [0.717, 1.165) is 11.3 Å². The summed E-state index contributed by atoms with van der Waals surface area (Å²) < 4.78 is 81.6. The summed E-state index contributed by atoms with van der Waals surface area (Å²) in [4.78, 5) is 16.2. The lowest BCUT2D eigenvalue weighted by Gasteiger charge is -2.11. The molecule has 3 rings (SSSR count). The van der Waals surface area contributed by atoms with Gasteiger partial charge >= 0.3 is 0 Å². The Hall–Kier alpha value is -2.70. The molecule has 29 heavy (non-hydrogen) atoms. The molecule has 0 aliphatic carbocycles. The largest absolute Gasteiger partial charge is 0.388 e. The molecular formula is C23H27N3O2S. The maximum Gasteiger partial charge on any atom is 0.230 e. The summed E-state index contributed by atoms with van der Waals surface area (Å²) in [5, 5.41) is 13.7. The lowest BCUT2D eigenvalue weighted by Crippen LogP contribution is -2.14. The molecule has 0 spiro atoms. The SMILES string of the molecule is [2H]c1sc(N)nc1CC(=O)Nc1ccc(C([2H])([2H])CCC([2H])([2H])[C@]([2H])(O)c2c([2H])c([2H])c(C)c([2H])c2[2H])cc1. The van der Waals surface area contributed by atoms with Crippen LogP contribution < -0.4 is 11.1 Å². The Labute approximate surface area is 189 Å². The predicted molar refractivity (Wildman–Crippen MR) is 119 cm³/mol. The first-order valence-corrected chi connectivity index (χ1v) is 9.62. The molecule has 0 saturated carbocycles. The molecule has 0 fully saturated rings. The first kappa shape index (κ1) is 11.5. The topological polar surface area (TPSA) is 88.2 Å². The number of nitrogens with zero attached hydrogens (tertiary/aromatic N) is 1. The van der Waals surface area contributed by atoms with Gasteiger partial charge in [-0.3, -0.25) is 4.79 Å². The fourth-order valence-corrected chi connectivity index (χ4v) is 2.86. The smallest absolute Gasteiger partial charge is 0.230 e. The average molecular weight is 420 g/mol. The lowest BCUT2D eigenvalue weighted by atomic mass is 10.0. The Bertz CT molecular complexity index is 1360. The molecule has 152 valence electrons. The molecule has 0 aliphatic heterocycles. The minimum absolute atomic E-state index is 0.00458. The minimum atomic E-state index is -3.19. The van der Waals surface area contributed by atoms with Gasteiger partial charge in [0.1, 0.15) is 0 Å². The first-order chi connectivity index (χ1) is 17.9. The zero-order valence-corrected chi connectivity index (χ0v) is 16.5. The van der Waals surface area contributed by atoms with Crippen LogP contribution in [0, 0.1) is 6.92 Å². The molecule has 2 aromatic carbocycles. The van der Waals surface area contributed by atoms with Gasteiger partial charge in [-0.2, -0.15) is 0 Å². The average Bonchev–Trinajstić information content (AvgIpc) is 3.16. The normalized spacial score (nSPS) is 19.0. The van der Waals surface area contributed by atoms with Crippen LogP contribution in [0.25, 0.3) is 0 Å². The van der Waals surface area contributed by atoms with Crippen molar-refractivity contribution >= 4 is 28.1 Å². The van der Waals surface area contributed by atoms with E-state index < -0.39 is 67.3 Å². The summed E-state index contributed by atoms with van der Waals surface area (Å²) in [6.45, 7) is 1.35. The Morgan fingerprint density at radius 3 is 2.69 bits per heavy atom. The number of aryl methyl sites for hydroxylation is 1. The quantitative estimate of drug-likeness (QED) is 0.471. The molecule has 0 saturated heterocycles. The number of amides is 1. The molecule has 0 radical (unpaired) electrons. The van der Waals surface area contributed by atoms with E-state index in [9.17, 15) is 9.90 Å². The number of thiazole rings is 1. The fraction of sp³-hybridized carbons (Fsp3) is 0.304. The number of nitrogens with one attached hydrogen (secondary N) is 1. The summed E-state index contributed by atoms with van der Waals surface area (Å²) in [5.74, 6) is -0.446. The number of benzene rings is 2. The highest BCUT2D eigenvalue weighted by molar-refractivity contribution is 7.13. The van der Waals surface area contributed by atoms with E-state index in [1.54, 1.807) is 0 Å². The summed E-state index contributed by atoms with van der Waals surface area (Å²) in [6.07, 6.45) is -9.48. The maximum absolute atomic E-state index is 12.3. The number of aliphatic hydroxyl groups is 1. The van der Waals surface area contributed by atoms with Crippen LogP contribution in [0.5, 0.6) is 0 Å². The van der Waals surface area contributed by atoms with Gasteiger partial charge in [0.15, 0.2) is 5.13 Å². The van der Waals surface area contributed by atoms with Crippen molar-refractivity contribution in [1.82, 2.24) is 4.98 Å². The van der Waals surface area contributed by atoms with Gasteiger partial charge in [-0.1, -0.05) is 48.3 Å². The number of carbonyl (C=O) groups excluding carboxylic acids is 1. The molecule has 0 aliphatic rings. The lowest BCUT2D eigenvalue weighted by molar-refractivity contribution is -0.115. The number of rotatable bonds is 9. The fourth-order valence-electron chi connectivity index (χ4n) is 2.36. The number of hydrogen-bond donors (Lipinski definition) is 3. The van der Waals surface area contributed by atoms with Crippen LogP contribution in [0.2, 0.25) is 0 Å². The van der Waals surface area contributed by atoms with Crippen molar-refractivity contribution in [3.05, 3.63) is 76.2 Å². The molecule has 6 heteroatoms. The molecular weight excluding hydrogens is 382 g/mol.